The smallest absolute Gasteiger partial charge is 0.407 e. The molecule has 0 fully saturated rings. The molecule has 1 heterocycles. The summed E-state index contributed by atoms with van der Waals surface area (Å²) in [6.45, 7) is 0.169. The molecule has 0 saturated heterocycles. The molecule has 29 heavy (non-hydrogen) atoms. The molecular weight excluding hydrogens is 370 g/mol. The fraction of sp³-hybridized carbons (Fsp3) is 0.227. The largest absolute Gasteiger partial charge is 0.481 e. The maximum atomic E-state index is 12.4. The number of nitrogens with zero attached hydrogens (tertiary/aromatic N) is 2. The fourth-order valence-electron chi connectivity index (χ4n) is 3.81. The molecule has 7 heteroatoms. The number of carboxylic acid groups (broad SMARTS) is 1. The summed E-state index contributed by atoms with van der Waals surface area (Å²) in [7, 11) is 1.73. The summed E-state index contributed by atoms with van der Waals surface area (Å²) in [6, 6.07) is 17.1. The van der Waals surface area contributed by atoms with Crippen molar-refractivity contribution >= 4 is 12.1 Å². The SMILES string of the molecule is Cn1ccc([C@@H](CC(=O)O)NC(=O)OCC2c3ccccc3-c3ccccc32)n1. The van der Waals surface area contributed by atoms with Gasteiger partial charge in [-0.25, -0.2) is 4.79 Å². The third-order valence-corrected chi connectivity index (χ3v) is 5.11. The summed E-state index contributed by atoms with van der Waals surface area (Å²) in [4.78, 5) is 23.6. The molecule has 3 aromatic rings. The Hall–Kier alpha value is -3.61. The van der Waals surface area contributed by atoms with E-state index in [-0.39, 0.29) is 18.9 Å². The Morgan fingerprint density at radius 1 is 1.10 bits per heavy atom. The topological polar surface area (TPSA) is 93.5 Å². The van der Waals surface area contributed by atoms with Crippen molar-refractivity contribution in [3.8, 4) is 11.1 Å². The van der Waals surface area contributed by atoms with Crippen molar-refractivity contribution in [2.24, 2.45) is 7.05 Å². The number of aliphatic carboxylic acids is 1. The molecule has 2 N–H and O–H groups in total. The van der Waals surface area contributed by atoms with Gasteiger partial charge in [-0.15, -0.1) is 0 Å². The summed E-state index contributed by atoms with van der Waals surface area (Å²) in [5, 5.41) is 16.0. The molecule has 0 unspecified atom stereocenters. The van der Waals surface area contributed by atoms with Crippen LogP contribution in [0, 0.1) is 0 Å². The van der Waals surface area contributed by atoms with Gasteiger partial charge in [-0.1, -0.05) is 48.5 Å². The fourth-order valence-corrected chi connectivity index (χ4v) is 3.81. The standard InChI is InChI=1S/C22H21N3O4/c1-25-11-10-19(24-25)20(12-21(26)27)23-22(28)29-13-18-16-8-4-2-6-14(16)15-7-3-5-9-17(15)18/h2-11,18,20H,12-13H2,1H3,(H,23,28)(H,26,27)/t20-/m1/s1. The van der Waals surface area contributed by atoms with E-state index in [0.717, 1.165) is 22.3 Å². The number of carbonyl (C=O) groups excluding carboxylic acids is 1. The van der Waals surface area contributed by atoms with Gasteiger partial charge in [-0.3, -0.25) is 9.48 Å². The van der Waals surface area contributed by atoms with Crippen molar-refractivity contribution in [3.63, 3.8) is 0 Å². The Morgan fingerprint density at radius 3 is 2.28 bits per heavy atom. The summed E-state index contributed by atoms with van der Waals surface area (Å²) in [5.74, 6) is -1.08. The Kier molecular flexibility index (Phi) is 5.03. The van der Waals surface area contributed by atoms with Crippen LogP contribution in [-0.2, 0) is 16.6 Å². The lowest BCUT2D eigenvalue weighted by molar-refractivity contribution is -0.137. The van der Waals surface area contributed by atoms with Gasteiger partial charge in [0.05, 0.1) is 18.2 Å². The molecular formula is C22H21N3O4. The van der Waals surface area contributed by atoms with E-state index in [0.29, 0.717) is 5.69 Å². The molecule has 7 nitrogen and oxygen atoms in total. The quantitative estimate of drug-likeness (QED) is 0.671. The summed E-state index contributed by atoms with van der Waals surface area (Å²) >= 11 is 0. The van der Waals surface area contributed by atoms with Gasteiger partial charge < -0.3 is 15.2 Å². The first kappa shape index (κ1) is 18.7. The first-order valence-electron chi connectivity index (χ1n) is 9.36. The highest BCUT2D eigenvalue weighted by Crippen LogP contribution is 2.44. The molecule has 0 radical (unpaired) electrons. The number of hydrogen-bond acceptors (Lipinski definition) is 4. The van der Waals surface area contributed by atoms with Crippen LogP contribution in [0.25, 0.3) is 11.1 Å². The number of carboxylic acids is 1. The predicted octanol–water partition coefficient (Wildman–Crippen LogP) is 3.47. The zero-order valence-electron chi connectivity index (χ0n) is 15.9. The van der Waals surface area contributed by atoms with Crippen LogP contribution in [0.3, 0.4) is 0 Å². The van der Waals surface area contributed by atoms with E-state index in [9.17, 15) is 9.59 Å². The minimum absolute atomic E-state index is 0.0547. The Bertz CT molecular complexity index is 1010. The molecule has 0 aliphatic heterocycles. The van der Waals surface area contributed by atoms with Gasteiger partial charge in [-0.2, -0.15) is 5.10 Å². The van der Waals surface area contributed by atoms with E-state index in [1.165, 1.54) is 0 Å². The van der Waals surface area contributed by atoms with Gasteiger partial charge in [0.1, 0.15) is 6.61 Å². The van der Waals surface area contributed by atoms with E-state index >= 15 is 0 Å². The molecule has 0 bridgehead atoms. The second-order valence-corrected chi connectivity index (χ2v) is 7.03. The number of ether oxygens (including phenoxy) is 1. The normalized spacial score (nSPS) is 13.4. The molecule has 0 saturated carbocycles. The Balaban J connectivity index is 1.47. The highest BCUT2D eigenvalue weighted by atomic mass is 16.5. The maximum absolute atomic E-state index is 12.4. The number of benzene rings is 2. The zero-order valence-corrected chi connectivity index (χ0v) is 15.9. The van der Waals surface area contributed by atoms with Gasteiger partial charge in [0.15, 0.2) is 0 Å². The second-order valence-electron chi connectivity index (χ2n) is 7.03. The number of aromatic nitrogens is 2. The molecule has 1 aliphatic rings. The highest BCUT2D eigenvalue weighted by Gasteiger charge is 2.29. The average Bonchev–Trinajstić information content (AvgIpc) is 3.27. The summed E-state index contributed by atoms with van der Waals surface area (Å²) in [6.07, 6.45) is 0.758. The molecule has 4 rings (SSSR count). The van der Waals surface area contributed by atoms with E-state index in [1.54, 1.807) is 24.0 Å². The zero-order chi connectivity index (χ0) is 20.4. The monoisotopic (exact) mass is 391 g/mol. The third-order valence-electron chi connectivity index (χ3n) is 5.11. The number of rotatable bonds is 6. The Labute approximate surface area is 167 Å². The number of nitrogens with one attached hydrogen (secondary N) is 1. The summed E-state index contributed by atoms with van der Waals surface area (Å²) in [5.41, 5.74) is 5.01. The third kappa shape index (κ3) is 3.85. The van der Waals surface area contributed by atoms with Gasteiger partial charge in [0.25, 0.3) is 0 Å². The van der Waals surface area contributed by atoms with Crippen LogP contribution in [0.4, 0.5) is 4.79 Å². The predicted molar refractivity (Wildman–Crippen MR) is 106 cm³/mol. The lowest BCUT2D eigenvalue weighted by atomic mass is 9.98. The first-order chi connectivity index (χ1) is 14.0. The minimum atomic E-state index is -1.03. The molecule has 1 amide bonds. The minimum Gasteiger partial charge on any atom is -0.481 e. The second kappa shape index (κ2) is 7.79. The van der Waals surface area contributed by atoms with Crippen molar-refractivity contribution in [1.29, 1.82) is 0 Å². The van der Waals surface area contributed by atoms with Crippen LogP contribution < -0.4 is 5.32 Å². The summed E-state index contributed by atoms with van der Waals surface area (Å²) < 4.78 is 7.06. The van der Waals surface area contributed by atoms with Crippen LogP contribution in [0.5, 0.6) is 0 Å². The lowest BCUT2D eigenvalue weighted by Gasteiger charge is -2.17. The number of alkyl carbamates (subject to hydrolysis) is 1. The van der Waals surface area contributed by atoms with Crippen molar-refractivity contribution in [1.82, 2.24) is 15.1 Å². The maximum Gasteiger partial charge on any atom is 0.407 e. The molecule has 1 aromatic heterocycles. The van der Waals surface area contributed by atoms with Crippen molar-refractivity contribution in [3.05, 3.63) is 77.6 Å². The van der Waals surface area contributed by atoms with Crippen LogP contribution in [0.2, 0.25) is 0 Å². The number of fused-ring (bicyclic) bond motifs is 3. The van der Waals surface area contributed by atoms with E-state index in [2.05, 4.69) is 22.5 Å². The number of amides is 1. The van der Waals surface area contributed by atoms with Crippen molar-refractivity contribution in [2.75, 3.05) is 6.61 Å². The number of carbonyl (C=O) groups is 2. The number of aryl methyl sites for hydroxylation is 1. The molecule has 1 atom stereocenters. The van der Waals surface area contributed by atoms with E-state index < -0.39 is 18.1 Å². The Morgan fingerprint density at radius 2 is 1.72 bits per heavy atom. The molecule has 148 valence electrons. The van der Waals surface area contributed by atoms with Crippen LogP contribution >= 0.6 is 0 Å². The van der Waals surface area contributed by atoms with E-state index in [1.807, 2.05) is 36.4 Å². The van der Waals surface area contributed by atoms with Gasteiger partial charge in [-0.05, 0) is 28.3 Å². The molecule has 1 aliphatic carbocycles. The van der Waals surface area contributed by atoms with Gasteiger partial charge in [0, 0.05) is 19.2 Å². The number of hydrogen-bond donors (Lipinski definition) is 2. The van der Waals surface area contributed by atoms with Crippen molar-refractivity contribution < 1.29 is 19.4 Å². The van der Waals surface area contributed by atoms with Gasteiger partial charge in [0.2, 0.25) is 0 Å². The highest BCUT2D eigenvalue weighted by molar-refractivity contribution is 5.79. The lowest BCUT2D eigenvalue weighted by Crippen LogP contribution is -2.32. The van der Waals surface area contributed by atoms with Crippen molar-refractivity contribution in [2.45, 2.75) is 18.4 Å². The van der Waals surface area contributed by atoms with Crippen LogP contribution in [0.1, 0.15) is 35.2 Å². The molecule has 2 aromatic carbocycles. The van der Waals surface area contributed by atoms with E-state index in [4.69, 9.17) is 9.84 Å². The first-order valence-corrected chi connectivity index (χ1v) is 9.36. The van der Waals surface area contributed by atoms with Crippen LogP contribution in [0.15, 0.2) is 60.8 Å². The molecule has 0 spiro atoms. The van der Waals surface area contributed by atoms with Crippen LogP contribution in [-0.4, -0.2) is 33.6 Å². The average molecular weight is 391 g/mol. The van der Waals surface area contributed by atoms with Gasteiger partial charge >= 0.3 is 12.1 Å².